The standard InChI is InChI=1S/C10H21BF3N2/c1-5-16(8-6-7-15(3)4)9-10(2)11(12,13)14/h2,5-9H2,1,3-4H3/q-1. The molecule has 6 heteroatoms. The van der Waals surface area contributed by atoms with Gasteiger partial charge >= 0.3 is 6.98 Å². The van der Waals surface area contributed by atoms with Crippen molar-refractivity contribution in [2.75, 3.05) is 40.3 Å². The quantitative estimate of drug-likeness (QED) is 0.597. The topological polar surface area (TPSA) is 6.48 Å². The smallest absolute Gasteiger partial charge is 0.445 e. The molecule has 2 nitrogen and oxygen atoms in total. The fourth-order valence-corrected chi connectivity index (χ4v) is 1.35. The molecule has 0 spiro atoms. The van der Waals surface area contributed by atoms with Crippen molar-refractivity contribution in [1.82, 2.24) is 9.80 Å². The highest BCUT2D eigenvalue weighted by Gasteiger charge is 2.27. The highest BCUT2D eigenvalue weighted by molar-refractivity contribution is 6.66. The average Bonchev–Trinajstić information content (AvgIpc) is 2.13. The van der Waals surface area contributed by atoms with Gasteiger partial charge < -0.3 is 22.7 Å². The van der Waals surface area contributed by atoms with Crippen molar-refractivity contribution < 1.29 is 12.9 Å². The Morgan fingerprint density at radius 2 is 1.75 bits per heavy atom. The minimum Gasteiger partial charge on any atom is -0.445 e. The third kappa shape index (κ3) is 6.90. The van der Waals surface area contributed by atoms with Crippen LogP contribution >= 0.6 is 0 Å². The zero-order valence-electron chi connectivity index (χ0n) is 10.3. The Bertz CT molecular complexity index is 217. The van der Waals surface area contributed by atoms with E-state index in [9.17, 15) is 12.9 Å². The van der Waals surface area contributed by atoms with Crippen LogP contribution in [0.5, 0.6) is 0 Å². The molecule has 0 saturated heterocycles. The number of likely N-dealkylation sites (N-methyl/N-ethyl adjacent to an activating group) is 1. The molecule has 0 aromatic heterocycles. The number of hydrogen-bond donors (Lipinski definition) is 0. The molecule has 0 fully saturated rings. The Morgan fingerprint density at radius 1 is 1.19 bits per heavy atom. The SMILES string of the molecule is C=C(CN(CC)CCCN(C)C)[B-](F)(F)F. The molecule has 0 aliphatic carbocycles. The molecule has 0 saturated carbocycles. The normalized spacial score (nSPS) is 12.5. The van der Waals surface area contributed by atoms with Crippen LogP contribution in [-0.4, -0.2) is 57.1 Å². The Hall–Kier alpha value is -0.485. The molecule has 0 aliphatic heterocycles. The Balaban J connectivity index is 3.97. The van der Waals surface area contributed by atoms with Gasteiger partial charge in [-0.15, -0.1) is 12.1 Å². The molecule has 0 unspecified atom stereocenters. The first-order valence-corrected chi connectivity index (χ1v) is 5.52. The predicted molar refractivity (Wildman–Crippen MR) is 63.5 cm³/mol. The summed E-state index contributed by atoms with van der Waals surface area (Å²) in [5.41, 5.74) is -0.605. The van der Waals surface area contributed by atoms with E-state index in [2.05, 4.69) is 6.58 Å². The van der Waals surface area contributed by atoms with Crippen molar-refractivity contribution in [2.24, 2.45) is 0 Å². The van der Waals surface area contributed by atoms with Crippen LogP contribution in [0.1, 0.15) is 13.3 Å². The van der Waals surface area contributed by atoms with Gasteiger partial charge in [-0.2, -0.15) is 0 Å². The second-order valence-corrected chi connectivity index (χ2v) is 4.26. The zero-order chi connectivity index (χ0) is 12.8. The molecule has 16 heavy (non-hydrogen) atoms. The summed E-state index contributed by atoms with van der Waals surface area (Å²) in [7, 11) is 3.90. The van der Waals surface area contributed by atoms with Gasteiger partial charge in [-0.25, -0.2) is 0 Å². The molecule has 0 aliphatic rings. The Kier molecular flexibility index (Phi) is 6.75. The second-order valence-electron chi connectivity index (χ2n) is 4.26. The maximum Gasteiger partial charge on any atom is 0.506 e. The average molecular weight is 237 g/mol. The first kappa shape index (κ1) is 15.5. The monoisotopic (exact) mass is 237 g/mol. The Morgan fingerprint density at radius 3 is 2.12 bits per heavy atom. The summed E-state index contributed by atoms with van der Waals surface area (Å²) in [6.07, 6.45) is 0.874. The van der Waals surface area contributed by atoms with Crippen molar-refractivity contribution in [1.29, 1.82) is 0 Å². The van der Waals surface area contributed by atoms with Gasteiger partial charge in [0.1, 0.15) is 0 Å². The third-order valence-corrected chi connectivity index (χ3v) is 2.42. The zero-order valence-corrected chi connectivity index (χ0v) is 10.3. The summed E-state index contributed by atoms with van der Waals surface area (Å²) >= 11 is 0. The fraction of sp³-hybridized carbons (Fsp3) is 0.800. The van der Waals surface area contributed by atoms with Gasteiger partial charge in [0.25, 0.3) is 0 Å². The van der Waals surface area contributed by atoms with Crippen molar-refractivity contribution in [3.05, 3.63) is 12.1 Å². The van der Waals surface area contributed by atoms with E-state index in [0.717, 1.165) is 13.0 Å². The number of nitrogens with zero attached hydrogens (tertiary/aromatic N) is 2. The molecule has 0 bridgehead atoms. The number of rotatable bonds is 8. The first-order chi connectivity index (χ1) is 7.27. The minimum atomic E-state index is -4.89. The molecule has 0 radical (unpaired) electrons. The van der Waals surface area contributed by atoms with Crippen LogP contribution in [-0.2, 0) is 0 Å². The summed E-state index contributed by atoms with van der Waals surface area (Å²) in [5, 5.41) is 0. The van der Waals surface area contributed by atoms with Crippen molar-refractivity contribution >= 4 is 6.98 Å². The summed E-state index contributed by atoms with van der Waals surface area (Å²) in [4.78, 5) is 3.80. The minimum absolute atomic E-state index is 0.0621. The summed E-state index contributed by atoms with van der Waals surface area (Å²) < 4.78 is 37.0. The van der Waals surface area contributed by atoms with Gasteiger partial charge in [-0.05, 0) is 46.7 Å². The van der Waals surface area contributed by atoms with E-state index in [-0.39, 0.29) is 6.54 Å². The summed E-state index contributed by atoms with van der Waals surface area (Å²) in [6, 6.07) is 0. The van der Waals surface area contributed by atoms with Crippen LogP contribution in [0.25, 0.3) is 0 Å². The van der Waals surface area contributed by atoms with Crippen LogP contribution in [0.2, 0.25) is 0 Å². The van der Waals surface area contributed by atoms with Crippen molar-refractivity contribution in [3.8, 4) is 0 Å². The predicted octanol–water partition coefficient (Wildman–Crippen LogP) is 2.20. The molecule has 0 rings (SSSR count). The highest BCUT2D eigenvalue weighted by atomic mass is 19.4. The molecule has 0 amide bonds. The van der Waals surface area contributed by atoms with Crippen LogP contribution < -0.4 is 0 Å². The van der Waals surface area contributed by atoms with E-state index in [1.165, 1.54) is 0 Å². The van der Waals surface area contributed by atoms with Crippen LogP contribution in [0, 0.1) is 0 Å². The van der Waals surface area contributed by atoms with Gasteiger partial charge in [0.05, 0.1) is 0 Å². The fourth-order valence-electron chi connectivity index (χ4n) is 1.35. The first-order valence-electron chi connectivity index (χ1n) is 5.52. The van der Waals surface area contributed by atoms with Gasteiger partial charge in [0, 0.05) is 0 Å². The number of halogens is 3. The van der Waals surface area contributed by atoms with Crippen LogP contribution in [0.4, 0.5) is 12.9 Å². The summed E-state index contributed by atoms with van der Waals surface area (Å²) in [6.45, 7) is 2.22. The van der Waals surface area contributed by atoms with Gasteiger partial charge in [-0.1, -0.05) is 6.92 Å². The van der Waals surface area contributed by atoms with Gasteiger partial charge in [-0.3, -0.25) is 0 Å². The third-order valence-electron chi connectivity index (χ3n) is 2.42. The van der Waals surface area contributed by atoms with E-state index in [4.69, 9.17) is 0 Å². The van der Waals surface area contributed by atoms with Gasteiger partial charge in [0.15, 0.2) is 0 Å². The lowest BCUT2D eigenvalue weighted by atomic mass is 9.80. The highest BCUT2D eigenvalue weighted by Crippen LogP contribution is 2.18. The van der Waals surface area contributed by atoms with E-state index < -0.39 is 12.4 Å². The van der Waals surface area contributed by atoms with Gasteiger partial charge in [0.2, 0.25) is 0 Å². The summed E-state index contributed by atoms with van der Waals surface area (Å²) in [5.74, 6) is 0. The lowest BCUT2D eigenvalue weighted by Crippen LogP contribution is -2.34. The van der Waals surface area contributed by atoms with E-state index in [0.29, 0.717) is 13.1 Å². The van der Waals surface area contributed by atoms with Crippen molar-refractivity contribution in [3.63, 3.8) is 0 Å². The lowest BCUT2D eigenvalue weighted by molar-refractivity contribution is 0.283. The van der Waals surface area contributed by atoms with E-state index >= 15 is 0 Å². The van der Waals surface area contributed by atoms with Crippen molar-refractivity contribution in [2.45, 2.75) is 13.3 Å². The molecule has 0 aromatic carbocycles. The molecular formula is C10H21BF3N2-. The maximum absolute atomic E-state index is 12.3. The largest absolute Gasteiger partial charge is 0.506 e. The molecule has 96 valence electrons. The molecule has 0 aromatic rings. The molecule has 0 N–H and O–H groups in total. The number of hydrogen-bond acceptors (Lipinski definition) is 2. The molecular weight excluding hydrogens is 216 g/mol. The molecule has 0 atom stereocenters. The van der Waals surface area contributed by atoms with Crippen LogP contribution in [0.3, 0.4) is 0 Å². The Labute approximate surface area is 96.2 Å². The van der Waals surface area contributed by atoms with E-state index in [1.54, 1.807) is 4.90 Å². The lowest BCUT2D eigenvalue weighted by Gasteiger charge is -2.26. The second kappa shape index (κ2) is 6.96. The molecule has 0 heterocycles. The van der Waals surface area contributed by atoms with Crippen LogP contribution in [0.15, 0.2) is 12.1 Å². The van der Waals surface area contributed by atoms with E-state index in [1.807, 2.05) is 25.9 Å². The maximum atomic E-state index is 12.3.